The number of nitrogens with two attached hydrogens (primary N) is 1. The molecule has 1 saturated heterocycles. The van der Waals surface area contributed by atoms with Gasteiger partial charge in [0.05, 0.1) is 6.61 Å². The zero-order valence-electron chi connectivity index (χ0n) is 15.7. The lowest BCUT2D eigenvalue weighted by molar-refractivity contribution is -0.307. The van der Waals surface area contributed by atoms with Crippen molar-refractivity contribution in [2.75, 3.05) is 19.8 Å². The van der Waals surface area contributed by atoms with Crippen LogP contribution in [0.1, 0.15) is 27.7 Å². The molecule has 0 aromatic carbocycles. The Bertz CT molecular complexity index is 551. The van der Waals surface area contributed by atoms with E-state index >= 15 is 0 Å². The SMILES string of the molecule is CC(=O)OC[C@H]1O[C@H](OCCN)[C@@H](OC(C)=O)[C@@H](OC(C)=O)[C@@H]1OC(C)=O. The Kier molecular flexibility index (Phi) is 9.12. The highest BCUT2D eigenvalue weighted by atomic mass is 16.7. The highest BCUT2D eigenvalue weighted by Gasteiger charge is 2.52. The van der Waals surface area contributed by atoms with E-state index in [2.05, 4.69) is 0 Å². The molecule has 27 heavy (non-hydrogen) atoms. The van der Waals surface area contributed by atoms with Crippen LogP contribution in [0.15, 0.2) is 0 Å². The summed E-state index contributed by atoms with van der Waals surface area (Å²) in [7, 11) is 0. The molecular formula is C16H25NO10. The fourth-order valence-corrected chi connectivity index (χ4v) is 2.51. The van der Waals surface area contributed by atoms with Crippen LogP contribution < -0.4 is 5.73 Å². The van der Waals surface area contributed by atoms with Gasteiger partial charge in [0.2, 0.25) is 0 Å². The Morgan fingerprint density at radius 2 is 1.33 bits per heavy atom. The number of carbonyl (C=O) groups is 4. The van der Waals surface area contributed by atoms with E-state index in [0.717, 1.165) is 20.8 Å². The third kappa shape index (κ3) is 7.49. The number of esters is 4. The first-order chi connectivity index (χ1) is 12.6. The van der Waals surface area contributed by atoms with Crippen molar-refractivity contribution in [3.8, 4) is 0 Å². The van der Waals surface area contributed by atoms with E-state index in [0.29, 0.717) is 0 Å². The quantitative estimate of drug-likeness (QED) is 0.403. The second-order valence-electron chi connectivity index (χ2n) is 5.73. The lowest BCUT2D eigenvalue weighted by Crippen LogP contribution is -2.63. The van der Waals surface area contributed by atoms with Crippen molar-refractivity contribution in [3.05, 3.63) is 0 Å². The summed E-state index contributed by atoms with van der Waals surface area (Å²) >= 11 is 0. The Labute approximate surface area is 156 Å². The Morgan fingerprint density at radius 1 is 0.815 bits per heavy atom. The van der Waals surface area contributed by atoms with Gasteiger partial charge in [0, 0.05) is 34.2 Å². The maximum Gasteiger partial charge on any atom is 0.303 e. The van der Waals surface area contributed by atoms with E-state index in [1.807, 2.05) is 0 Å². The van der Waals surface area contributed by atoms with Crippen LogP contribution >= 0.6 is 0 Å². The van der Waals surface area contributed by atoms with Crippen LogP contribution in [-0.4, -0.2) is 74.3 Å². The van der Waals surface area contributed by atoms with Gasteiger partial charge in [-0.1, -0.05) is 0 Å². The molecule has 1 aliphatic rings. The summed E-state index contributed by atoms with van der Waals surface area (Å²) in [6.45, 7) is 4.52. The van der Waals surface area contributed by atoms with Crippen LogP contribution in [0.5, 0.6) is 0 Å². The summed E-state index contributed by atoms with van der Waals surface area (Å²) < 4.78 is 31.7. The Balaban J connectivity index is 3.22. The van der Waals surface area contributed by atoms with E-state index in [9.17, 15) is 19.2 Å². The molecule has 11 heteroatoms. The predicted octanol–water partition coefficient (Wildman–Crippen LogP) is -0.955. The fraction of sp³-hybridized carbons (Fsp3) is 0.750. The molecule has 0 spiro atoms. The largest absolute Gasteiger partial charge is 0.463 e. The normalized spacial score (nSPS) is 27.4. The number of hydrogen-bond donors (Lipinski definition) is 1. The van der Waals surface area contributed by atoms with Crippen molar-refractivity contribution in [1.29, 1.82) is 0 Å². The minimum atomic E-state index is -1.24. The summed E-state index contributed by atoms with van der Waals surface area (Å²) in [5.41, 5.74) is 5.42. The van der Waals surface area contributed by atoms with Gasteiger partial charge in [-0.3, -0.25) is 19.2 Å². The summed E-state index contributed by atoms with van der Waals surface area (Å²) in [6.07, 6.45) is -5.89. The maximum atomic E-state index is 11.6. The van der Waals surface area contributed by atoms with Crippen LogP contribution in [0, 0.1) is 0 Å². The molecule has 0 saturated carbocycles. The van der Waals surface area contributed by atoms with Gasteiger partial charge in [0.1, 0.15) is 12.7 Å². The van der Waals surface area contributed by atoms with Gasteiger partial charge in [0.25, 0.3) is 0 Å². The van der Waals surface area contributed by atoms with Gasteiger partial charge in [-0.2, -0.15) is 0 Å². The predicted molar refractivity (Wildman–Crippen MR) is 87.0 cm³/mol. The summed E-state index contributed by atoms with van der Waals surface area (Å²) in [6, 6.07) is 0. The average molecular weight is 391 g/mol. The van der Waals surface area contributed by atoms with Gasteiger partial charge < -0.3 is 34.2 Å². The highest BCUT2D eigenvalue weighted by Crippen LogP contribution is 2.29. The molecule has 1 aliphatic heterocycles. The average Bonchev–Trinajstić information content (AvgIpc) is 2.54. The van der Waals surface area contributed by atoms with Gasteiger partial charge in [-0.05, 0) is 0 Å². The van der Waals surface area contributed by atoms with Crippen molar-refractivity contribution in [2.45, 2.75) is 58.4 Å². The van der Waals surface area contributed by atoms with E-state index in [1.54, 1.807) is 0 Å². The van der Waals surface area contributed by atoms with E-state index in [4.69, 9.17) is 34.2 Å². The van der Waals surface area contributed by atoms with E-state index in [1.165, 1.54) is 6.92 Å². The third-order valence-corrected chi connectivity index (χ3v) is 3.35. The first-order valence-electron chi connectivity index (χ1n) is 8.27. The van der Waals surface area contributed by atoms with Crippen LogP contribution in [0.25, 0.3) is 0 Å². The Morgan fingerprint density at radius 3 is 1.81 bits per heavy atom. The lowest BCUT2D eigenvalue weighted by Gasteiger charge is -2.44. The van der Waals surface area contributed by atoms with Crippen LogP contribution in [0.3, 0.4) is 0 Å². The van der Waals surface area contributed by atoms with Gasteiger partial charge in [-0.25, -0.2) is 0 Å². The van der Waals surface area contributed by atoms with Gasteiger partial charge >= 0.3 is 23.9 Å². The van der Waals surface area contributed by atoms with Crippen molar-refractivity contribution < 1.29 is 47.6 Å². The third-order valence-electron chi connectivity index (χ3n) is 3.35. The summed E-state index contributed by atoms with van der Waals surface area (Å²) in [5, 5.41) is 0. The number of rotatable bonds is 8. The Hall–Kier alpha value is -2.24. The standard InChI is InChI=1S/C16H25NO10/c1-8(18)23-7-12-13(24-9(2)19)14(25-10(3)20)15(26-11(4)21)16(27-12)22-6-5-17/h12-16H,5-7,17H2,1-4H3/t12-,13-,14+,15+,16+/m1/s1. The van der Waals surface area contributed by atoms with Crippen LogP contribution in [0.2, 0.25) is 0 Å². The molecule has 11 nitrogen and oxygen atoms in total. The fourth-order valence-electron chi connectivity index (χ4n) is 2.51. The highest BCUT2D eigenvalue weighted by molar-refractivity contribution is 5.68. The van der Waals surface area contributed by atoms with Crippen LogP contribution in [-0.2, 0) is 47.6 Å². The first-order valence-corrected chi connectivity index (χ1v) is 8.27. The molecule has 0 unspecified atom stereocenters. The minimum absolute atomic E-state index is 0.0493. The van der Waals surface area contributed by atoms with Crippen molar-refractivity contribution in [3.63, 3.8) is 0 Å². The number of carbonyl (C=O) groups excluding carboxylic acids is 4. The summed E-state index contributed by atoms with van der Waals surface area (Å²) in [5.74, 6) is -2.69. The molecule has 1 heterocycles. The molecular weight excluding hydrogens is 366 g/mol. The number of ether oxygens (including phenoxy) is 6. The molecule has 2 N–H and O–H groups in total. The molecule has 154 valence electrons. The van der Waals surface area contributed by atoms with Crippen molar-refractivity contribution >= 4 is 23.9 Å². The van der Waals surface area contributed by atoms with Crippen molar-refractivity contribution in [1.82, 2.24) is 0 Å². The van der Waals surface area contributed by atoms with Crippen LogP contribution in [0.4, 0.5) is 0 Å². The molecule has 0 radical (unpaired) electrons. The smallest absolute Gasteiger partial charge is 0.303 e. The van der Waals surface area contributed by atoms with E-state index in [-0.39, 0.29) is 19.8 Å². The van der Waals surface area contributed by atoms with Gasteiger partial charge in [-0.15, -0.1) is 0 Å². The second-order valence-corrected chi connectivity index (χ2v) is 5.73. The maximum absolute atomic E-state index is 11.6. The molecule has 0 aromatic rings. The molecule has 0 amide bonds. The summed E-state index contributed by atoms with van der Waals surface area (Å²) in [4.78, 5) is 45.8. The van der Waals surface area contributed by atoms with E-state index < -0.39 is 54.6 Å². The zero-order chi connectivity index (χ0) is 20.6. The molecule has 0 aromatic heterocycles. The zero-order valence-corrected chi connectivity index (χ0v) is 15.7. The minimum Gasteiger partial charge on any atom is -0.463 e. The molecule has 5 atom stereocenters. The molecule has 1 rings (SSSR count). The molecule has 1 fully saturated rings. The lowest BCUT2D eigenvalue weighted by atomic mass is 9.98. The molecule has 0 bridgehead atoms. The number of hydrogen-bond acceptors (Lipinski definition) is 11. The molecule has 0 aliphatic carbocycles. The first kappa shape index (κ1) is 22.8. The monoisotopic (exact) mass is 391 g/mol. The second kappa shape index (κ2) is 10.8. The topological polar surface area (TPSA) is 150 Å². The van der Waals surface area contributed by atoms with Crippen molar-refractivity contribution in [2.24, 2.45) is 5.73 Å². The van der Waals surface area contributed by atoms with Gasteiger partial charge in [0.15, 0.2) is 24.6 Å².